The van der Waals surface area contributed by atoms with Gasteiger partial charge >= 0.3 is 5.97 Å². The third-order valence-corrected chi connectivity index (χ3v) is 4.13. The Morgan fingerprint density at radius 1 is 0.962 bits per heavy atom. The molecule has 0 heterocycles. The fraction of sp³-hybridized carbons (Fsp3) is 0.318. The van der Waals surface area contributed by atoms with Gasteiger partial charge in [0.25, 0.3) is 0 Å². The Balaban J connectivity index is 2.13. The number of carbonyl (C=O) groups is 1. The van der Waals surface area contributed by atoms with E-state index in [0.717, 1.165) is 28.2 Å². The quantitative estimate of drug-likeness (QED) is 0.601. The van der Waals surface area contributed by atoms with Crippen molar-refractivity contribution in [2.75, 3.05) is 20.3 Å². The third-order valence-electron chi connectivity index (χ3n) is 4.13. The third kappa shape index (κ3) is 5.96. The first-order chi connectivity index (χ1) is 12.6. The summed E-state index contributed by atoms with van der Waals surface area (Å²) in [6.07, 6.45) is 0.926. The lowest BCUT2D eigenvalue weighted by molar-refractivity contribution is -0.142. The summed E-state index contributed by atoms with van der Waals surface area (Å²) in [4.78, 5) is 12.0. The van der Waals surface area contributed by atoms with Crippen LogP contribution in [0.4, 0.5) is 0 Å². The number of esters is 1. The molecule has 0 aliphatic heterocycles. The molecule has 0 N–H and O–H groups in total. The molecule has 0 amide bonds. The van der Waals surface area contributed by atoms with Crippen molar-refractivity contribution in [3.63, 3.8) is 0 Å². The van der Waals surface area contributed by atoms with Crippen LogP contribution < -0.4 is 9.47 Å². The highest BCUT2D eigenvalue weighted by Gasteiger charge is 2.12. The molecule has 0 saturated carbocycles. The first-order valence-electron chi connectivity index (χ1n) is 8.80. The van der Waals surface area contributed by atoms with Gasteiger partial charge in [-0.1, -0.05) is 35.9 Å². The van der Waals surface area contributed by atoms with E-state index in [4.69, 9.17) is 14.2 Å². The second-order valence-electron chi connectivity index (χ2n) is 5.85. The average molecular weight is 354 g/mol. The number of benzene rings is 2. The first kappa shape index (κ1) is 19.6. The number of methoxy groups -OCH3 is 1. The summed E-state index contributed by atoms with van der Waals surface area (Å²) in [7, 11) is 1.64. The molecule has 2 aromatic rings. The van der Waals surface area contributed by atoms with E-state index in [1.165, 1.54) is 0 Å². The van der Waals surface area contributed by atoms with Gasteiger partial charge in [0.05, 0.1) is 26.7 Å². The van der Waals surface area contributed by atoms with E-state index in [1.54, 1.807) is 7.11 Å². The van der Waals surface area contributed by atoms with Crippen molar-refractivity contribution < 1.29 is 19.0 Å². The number of hydrogen-bond donors (Lipinski definition) is 0. The zero-order valence-electron chi connectivity index (χ0n) is 15.7. The molecule has 0 aromatic heterocycles. The summed E-state index contributed by atoms with van der Waals surface area (Å²) < 4.78 is 16.1. The van der Waals surface area contributed by atoms with Gasteiger partial charge in [0, 0.05) is 6.42 Å². The highest BCUT2D eigenvalue weighted by molar-refractivity contribution is 5.78. The van der Waals surface area contributed by atoms with Crippen molar-refractivity contribution in [1.82, 2.24) is 0 Å². The maximum atomic E-state index is 12.0. The second-order valence-corrected chi connectivity index (χ2v) is 5.85. The molecule has 138 valence electrons. The lowest BCUT2D eigenvalue weighted by atomic mass is 9.97. The molecule has 0 fully saturated rings. The average Bonchev–Trinajstić information content (AvgIpc) is 2.68. The van der Waals surface area contributed by atoms with Gasteiger partial charge in [-0.25, -0.2) is 0 Å². The Morgan fingerprint density at radius 2 is 1.65 bits per heavy atom. The number of ether oxygens (including phenoxy) is 3. The Hall–Kier alpha value is -2.75. The van der Waals surface area contributed by atoms with Crippen molar-refractivity contribution in [1.29, 1.82) is 0 Å². The Morgan fingerprint density at radius 3 is 2.27 bits per heavy atom. The summed E-state index contributed by atoms with van der Waals surface area (Å²) in [5.74, 6) is 1.42. The largest absolute Gasteiger partial charge is 0.497 e. The van der Waals surface area contributed by atoms with Crippen LogP contribution in [0.15, 0.2) is 60.2 Å². The zero-order chi connectivity index (χ0) is 18.8. The lowest BCUT2D eigenvalue weighted by Gasteiger charge is -2.14. The number of para-hydroxylation sites is 1. The number of carbonyl (C=O) groups excluding carboxylic acids is 1. The SMILES string of the molecule is CCOC(=O)C/C(CCOc1ccccc1)=C(/C)c1ccc(OC)cc1. The van der Waals surface area contributed by atoms with E-state index in [1.807, 2.05) is 68.4 Å². The van der Waals surface area contributed by atoms with Gasteiger partial charge < -0.3 is 14.2 Å². The van der Waals surface area contributed by atoms with E-state index >= 15 is 0 Å². The van der Waals surface area contributed by atoms with Gasteiger partial charge in [-0.15, -0.1) is 0 Å². The molecular weight excluding hydrogens is 328 g/mol. The molecule has 0 saturated heterocycles. The van der Waals surface area contributed by atoms with Gasteiger partial charge in [0.1, 0.15) is 11.5 Å². The van der Waals surface area contributed by atoms with Crippen LogP contribution in [-0.2, 0) is 9.53 Å². The molecule has 4 nitrogen and oxygen atoms in total. The number of rotatable bonds is 9. The van der Waals surface area contributed by atoms with Crippen LogP contribution in [0.2, 0.25) is 0 Å². The molecule has 0 aliphatic rings. The Bertz CT molecular complexity index is 718. The molecule has 2 aromatic carbocycles. The van der Waals surface area contributed by atoms with Crippen LogP contribution in [-0.4, -0.2) is 26.3 Å². The van der Waals surface area contributed by atoms with Gasteiger partial charge in [-0.3, -0.25) is 4.79 Å². The monoisotopic (exact) mass is 354 g/mol. The van der Waals surface area contributed by atoms with Crippen LogP contribution in [0.3, 0.4) is 0 Å². The van der Waals surface area contributed by atoms with Crippen LogP contribution in [0.1, 0.15) is 32.3 Å². The van der Waals surface area contributed by atoms with Crippen molar-refractivity contribution in [3.8, 4) is 11.5 Å². The van der Waals surface area contributed by atoms with Crippen LogP contribution in [0, 0.1) is 0 Å². The predicted molar refractivity (Wildman–Crippen MR) is 103 cm³/mol. The van der Waals surface area contributed by atoms with Gasteiger partial charge in [0.2, 0.25) is 0 Å². The van der Waals surface area contributed by atoms with Crippen molar-refractivity contribution in [2.24, 2.45) is 0 Å². The van der Waals surface area contributed by atoms with Crippen LogP contribution in [0.25, 0.3) is 5.57 Å². The molecule has 0 bridgehead atoms. The first-order valence-corrected chi connectivity index (χ1v) is 8.80. The summed E-state index contributed by atoms with van der Waals surface area (Å²) in [5, 5.41) is 0. The summed E-state index contributed by atoms with van der Waals surface area (Å²) in [5.41, 5.74) is 3.15. The maximum Gasteiger partial charge on any atom is 0.309 e. The van der Waals surface area contributed by atoms with E-state index in [-0.39, 0.29) is 12.4 Å². The predicted octanol–water partition coefficient (Wildman–Crippen LogP) is 4.89. The molecule has 0 aliphatic carbocycles. The number of allylic oxidation sites excluding steroid dienone is 1. The van der Waals surface area contributed by atoms with E-state index in [2.05, 4.69) is 0 Å². The molecule has 26 heavy (non-hydrogen) atoms. The summed E-state index contributed by atoms with van der Waals surface area (Å²) in [6, 6.07) is 17.5. The Labute approximate surface area is 155 Å². The molecule has 0 spiro atoms. The van der Waals surface area contributed by atoms with E-state index in [9.17, 15) is 4.79 Å². The second kappa shape index (κ2) is 10.3. The molecule has 0 unspecified atom stereocenters. The van der Waals surface area contributed by atoms with Gasteiger partial charge in [0.15, 0.2) is 0 Å². The van der Waals surface area contributed by atoms with Crippen molar-refractivity contribution >= 4 is 11.5 Å². The fourth-order valence-electron chi connectivity index (χ4n) is 2.65. The minimum Gasteiger partial charge on any atom is -0.497 e. The van der Waals surface area contributed by atoms with E-state index < -0.39 is 0 Å². The normalized spacial score (nSPS) is 11.5. The standard InChI is InChI=1S/C22H26O4/c1-4-25-22(23)16-19(14-15-26-21-8-6-5-7-9-21)17(2)18-10-12-20(24-3)13-11-18/h5-13H,4,14-16H2,1-3H3/b19-17-. The van der Waals surface area contributed by atoms with Gasteiger partial charge in [-0.2, -0.15) is 0 Å². The minimum absolute atomic E-state index is 0.213. The van der Waals surface area contributed by atoms with E-state index in [0.29, 0.717) is 19.6 Å². The molecule has 2 rings (SSSR count). The highest BCUT2D eigenvalue weighted by Crippen LogP contribution is 2.25. The highest BCUT2D eigenvalue weighted by atomic mass is 16.5. The van der Waals surface area contributed by atoms with Crippen LogP contribution >= 0.6 is 0 Å². The molecule has 4 heteroatoms. The van der Waals surface area contributed by atoms with Gasteiger partial charge in [-0.05, 0) is 49.2 Å². The van der Waals surface area contributed by atoms with Crippen LogP contribution in [0.5, 0.6) is 11.5 Å². The maximum absolute atomic E-state index is 12.0. The molecular formula is C22H26O4. The summed E-state index contributed by atoms with van der Waals surface area (Å²) in [6.45, 7) is 4.73. The molecule has 0 atom stereocenters. The Kier molecular flexibility index (Phi) is 7.75. The molecule has 0 radical (unpaired) electrons. The minimum atomic E-state index is -0.213. The van der Waals surface area contributed by atoms with Crippen molar-refractivity contribution in [3.05, 3.63) is 65.7 Å². The fourth-order valence-corrected chi connectivity index (χ4v) is 2.65. The summed E-state index contributed by atoms with van der Waals surface area (Å²) >= 11 is 0. The van der Waals surface area contributed by atoms with Crippen molar-refractivity contribution in [2.45, 2.75) is 26.7 Å². The zero-order valence-corrected chi connectivity index (χ0v) is 15.7. The number of hydrogen-bond acceptors (Lipinski definition) is 4. The smallest absolute Gasteiger partial charge is 0.309 e. The topological polar surface area (TPSA) is 44.8 Å². The lowest BCUT2D eigenvalue weighted by Crippen LogP contribution is -2.09.